The van der Waals surface area contributed by atoms with Gasteiger partial charge >= 0.3 is 0 Å². The van der Waals surface area contributed by atoms with Gasteiger partial charge in [0.2, 0.25) is 0 Å². The van der Waals surface area contributed by atoms with Crippen molar-refractivity contribution in [3.05, 3.63) is 95.4 Å². The van der Waals surface area contributed by atoms with Gasteiger partial charge < -0.3 is 9.30 Å². The molecule has 1 amide bonds. The summed E-state index contributed by atoms with van der Waals surface area (Å²) in [6, 6.07) is 19.9. The maximum absolute atomic E-state index is 12.3. The number of hydrogen-bond acceptors (Lipinski definition) is 4. The number of carbonyl (C=O) groups is 1. The van der Waals surface area contributed by atoms with Gasteiger partial charge in [-0.2, -0.15) is 5.10 Å². The fourth-order valence-corrected chi connectivity index (χ4v) is 4.02. The zero-order valence-corrected chi connectivity index (χ0v) is 19.9. The topological polar surface area (TPSA) is 68.5 Å². The Labute approximate surface area is 200 Å². The molecule has 2 aromatic carbocycles. The van der Waals surface area contributed by atoms with Crippen LogP contribution in [0.25, 0.3) is 10.9 Å². The van der Waals surface area contributed by atoms with Crippen LogP contribution in [0.3, 0.4) is 0 Å². The van der Waals surface area contributed by atoms with Gasteiger partial charge in [0.25, 0.3) is 5.91 Å². The molecule has 174 valence electrons. The fourth-order valence-electron chi connectivity index (χ4n) is 4.02. The van der Waals surface area contributed by atoms with Gasteiger partial charge in [0, 0.05) is 40.1 Å². The van der Waals surface area contributed by atoms with Crippen LogP contribution in [0.15, 0.2) is 78.2 Å². The predicted octanol–water partition coefficient (Wildman–Crippen LogP) is 5.70. The zero-order chi connectivity index (χ0) is 23.9. The number of benzene rings is 2. The number of hydrogen-bond donors (Lipinski definition) is 1. The number of nitrogens with zero attached hydrogens (tertiary/aromatic N) is 3. The van der Waals surface area contributed by atoms with Crippen LogP contribution >= 0.6 is 0 Å². The van der Waals surface area contributed by atoms with Crippen LogP contribution < -0.4 is 10.2 Å². The summed E-state index contributed by atoms with van der Waals surface area (Å²) in [5.74, 6) is 1.16. The summed E-state index contributed by atoms with van der Waals surface area (Å²) >= 11 is 0. The highest BCUT2D eigenvalue weighted by Gasteiger charge is 2.13. The average Bonchev–Trinajstić information content (AvgIpc) is 3.15. The minimum absolute atomic E-state index is 0.271. The average molecular weight is 455 g/mol. The standard InChI is InChI=1S/C28H30N4O2/c1-4-20(2)22-9-11-24(12-10-22)34-18-17-32-21(3)26(25-7-5-6-8-27(25)32)19-30-31-28(33)23-13-15-29-16-14-23/h5-16,19-20H,4,17-18H2,1-3H3,(H,31,33)/b30-19-/t20-/m1/s1. The lowest BCUT2D eigenvalue weighted by Crippen LogP contribution is -2.17. The third kappa shape index (κ3) is 5.17. The molecule has 0 bridgehead atoms. The molecular formula is C28H30N4O2. The van der Waals surface area contributed by atoms with Gasteiger partial charge in [-0.15, -0.1) is 0 Å². The summed E-state index contributed by atoms with van der Waals surface area (Å²) in [5, 5.41) is 5.29. The molecule has 6 nitrogen and oxygen atoms in total. The Bertz CT molecular complexity index is 1280. The van der Waals surface area contributed by atoms with Crippen molar-refractivity contribution < 1.29 is 9.53 Å². The van der Waals surface area contributed by atoms with Gasteiger partial charge in [0.05, 0.1) is 12.8 Å². The van der Waals surface area contributed by atoms with Gasteiger partial charge in [-0.05, 0) is 55.2 Å². The number of rotatable bonds is 9. The number of para-hydroxylation sites is 1. The molecule has 4 aromatic rings. The third-order valence-corrected chi connectivity index (χ3v) is 6.23. The van der Waals surface area contributed by atoms with Crippen LogP contribution in [-0.4, -0.2) is 28.3 Å². The first-order valence-corrected chi connectivity index (χ1v) is 11.6. The van der Waals surface area contributed by atoms with Crippen molar-refractivity contribution in [2.45, 2.75) is 39.7 Å². The van der Waals surface area contributed by atoms with E-state index in [1.54, 1.807) is 30.7 Å². The first-order valence-electron chi connectivity index (χ1n) is 11.6. The number of aromatic nitrogens is 2. The van der Waals surface area contributed by atoms with Crippen molar-refractivity contribution in [1.82, 2.24) is 15.0 Å². The Kier molecular flexibility index (Phi) is 7.38. The van der Waals surface area contributed by atoms with E-state index in [0.717, 1.165) is 34.3 Å². The van der Waals surface area contributed by atoms with E-state index in [4.69, 9.17) is 4.74 Å². The minimum Gasteiger partial charge on any atom is -0.492 e. The number of amides is 1. The number of ether oxygens (including phenoxy) is 1. The molecule has 0 radical (unpaired) electrons. The van der Waals surface area contributed by atoms with Crippen molar-refractivity contribution in [2.75, 3.05) is 6.61 Å². The molecule has 0 saturated carbocycles. The Hall–Kier alpha value is -3.93. The van der Waals surface area contributed by atoms with Gasteiger partial charge in [-0.3, -0.25) is 9.78 Å². The summed E-state index contributed by atoms with van der Waals surface area (Å²) < 4.78 is 8.27. The van der Waals surface area contributed by atoms with Crippen LogP contribution in [-0.2, 0) is 6.54 Å². The van der Waals surface area contributed by atoms with Crippen LogP contribution in [0.4, 0.5) is 0 Å². The number of hydrazone groups is 1. The highest BCUT2D eigenvalue weighted by atomic mass is 16.5. The molecule has 1 N–H and O–H groups in total. The third-order valence-electron chi connectivity index (χ3n) is 6.23. The van der Waals surface area contributed by atoms with Crippen molar-refractivity contribution in [2.24, 2.45) is 5.10 Å². The van der Waals surface area contributed by atoms with E-state index in [2.05, 4.69) is 65.1 Å². The van der Waals surface area contributed by atoms with Crippen molar-refractivity contribution in [1.29, 1.82) is 0 Å². The van der Waals surface area contributed by atoms with Gasteiger partial charge in [0.1, 0.15) is 12.4 Å². The van der Waals surface area contributed by atoms with Crippen LogP contribution in [0.2, 0.25) is 0 Å². The van der Waals surface area contributed by atoms with Crippen molar-refractivity contribution in [3.8, 4) is 5.75 Å². The maximum Gasteiger partial charge on any atom is 0.271 e. The molecule has 0 unspecified atom stereocenters. The highest BCUT2D eigenvalue weighted by Crippen LogP contribution is 2.25. The van der Waals surface area contributed by atoms with E-state index in [9.17, 15) is 4.79 Å². The van der Waals surface area contributed by atoms with Gasteiger partial charge in [-0.1, -0.05) is 44.2 Å². The lowest BCUT2D eigenvalue weighted by atomic mass is 9.99. The summed E-state index contributed by atoms with van der Waals surface area (Å²) in [6.07, 6.45) is 6.00. The molecular weight excluding hydrogens is 424 g/mol. The minimum atomic E-state index is -0.271. The van der Waals surface area contributed by atoms with E-state index in [-0.39, 0.29) is 5.91 Å². The molecule has 0 spiro atoms. The predicted molar refractivity (Wildman–Crippen MR) is 137 cm³/mol. The Balaban J connectivity index is 1.46. The fraction of sp³-hybridized carbons (Fsp3) is 0.250. The largest absolute Gasteiger partial charge is 0.492 e. The second kappa shape index (κ2) is 10.8. The van der Waals surface area contributed by atoms with E-state index in [0.29, 0.717) is 24.6 Å². The SMILES string of the molecule is CC[C@@H](C)c1ccc(OCCn2c(C)c(/C=N\NC(=O)c3ccncc3)c3ccccc32)cc1. The van der Waals surface area contributed by atoms with E-state index < -0.39 is 0 Å². The monoisotopic (exact) mass is 454 g/mol. The highest BCUT2D eigenvalue weighted by molar-refractivity contribution is 6.02. The molecule has 0 aliphatic carbocycles. The van der Waals surface area contributed by atoms with Crippen LogP contribution in [0.5, 0.6) is 5.75 Å². The summed E-state index contributed by atoms with van der Waals surface area (Å²) in [4.78, 5) is 16.2. The molecule has 0 aliphatic heterocycles. The van der Waals surface area contributed by atoms with E-state index >= 15 is 0 Å². The molecule has 34 heavy (non-hydrogen) atoms. The summed E-state index contributed by atoms with van der Waals surface area (Å²) in [6.45, 7) is 7.76. The second-order valence-corrected chi connectivity index (χ2v) is 8.33. The molecule has 0 saturated heterocycles. The zero-order valence-electron chi connectivity index (χ0n) is 19.9. The lowest BCUT2D eigenvalue weighted by Gasteiger charge is -2.12. The number of pyridine rings is 1. The molecule has 2 heterocycles. The summed E-state index contributed by atoms with van der Waals surface area (Å²) in [7, 11) is 0. The number of carbonyl (C=O) groups excluding carboxylic acids is 1. The van der Waals surface area contributed by atoms with Gasteiger partial charge in [0.15, 0.2) is 0 Å². The van der Waals surface area contributed by atoms with Crippen molar-refractivity contribution in [3.63, 3.8) is 0 Å². The molecule has 4 rings (SSSR count). The molecule has 2 aromatic heterocycles. The van der Waals surface area contributed by atoms with Gasteiger partial charge in [-0.25, -0.2) is 5.43 Å². The maximum atomic E-state index is 12.3. The quantitative estimate of drug-likeness (QED) is 0.260. The lowest BCUT2D eigenvalue weighted by molar-refractivity contribution is 0.0955. The first kappa shape index (κ1) is 23.2. The molecule has 0 aliphatic rings. The Morgan fingerprint density at radius 2 is 1.85 bits per heavy atom. The van der Waals surface area contributed by atoms with E-state index in [1.807, 2.05) is 24.3 Å². The normalized spacial score (nSPS) is 12.2. The second-order valence-electron chi connectivity index (χ2n) is 8.33. The molecule has 1 atom stereocenters. The van der Waals surface area contributed by atoms with Crippen molar-refractivity contribution >= 4 is 23.0 Å². The first-order chi connectivity index (χ1) is 16.6. The molecule has 0 fully saturated rings. The smallest absolute Gasteiger partial charge is 0.271 e. The Morgan fingerprint density at radius 1 is 1.12 bits per heavy atom. The number of nitrogens with one attached hydrogen (secondary N) is 1. The van der Waals surface area contributed by atoms with Crippen LogP contribution in [0, 0.1) is 6.92 Å². The molecule has 6 heteroatoms. The Morgan fingerprint density at radius 3 is 2.59 bits per heavy atom. The van der Waals surface area contributed by atoms with Crippen LogP contribution in [0.1, 0.15) is 53.4 Å². The van der Waals surface area contributed by atoms with E-state index in [1.165, 1.54) is 5.56 Å². The number of fused-ring (bicyclic) bond motifs is 1. The summed E-state index contributed by atoms with van der Waals surface area (Å²) in [5.41, 5.74) is 7.60.